The Kier molecular flexibility index (Phi) is 2.93. The number of carboxylic acid groups (broad SMARTS) is 1. The highest BCUT2D eigenvalue weighted by Crippen LogP contribution is 2.17. The molecule has 0 bridgehead atoms. The standard InChI is InChI=1S/C12H9FN2O3/c1-7-8(6-16)5-15(14-7)11-4-9(13)2-3-10(11)12(17)18/h2-6H,1H3,(H,17,18). The predicted molar refractivity (Wildman–Crippen MR) is 60.6 cm³/mol. The molecular formula is C12H9FN2O3. The number of nitrogens with zero attached hydrogens (tertiary/aromatic N) is 2. The summed E-state index contributed by atoms with van der Waals surface area (Å²) in [6.07, 6.45) is 1.97. The summed E-state index contributed by atoms with van der Waals surface area (Å²) in [4.78, 5) is 21.7. The first-order valence-corrected chi connectivity index (χ1v) is 5.07. The highest BCUT2D eigenvalue weighted by Gasteiger charge is 2.14. The maximum atomic E-state index is 13.2. The van der Waals surface area contributed by atoms with Gasteiger partial charge in [-0.2, -0.15) is 5.10 Å². The van der Waals surface area contributed by atoms with Gasteiger partial charge in [0.05, 0.1) is 22.5 Å². The molecule has 0 aliphatic carbocycles. The van der Waals surface area contributed by atoms with Gasteiger partial charge in [0.25, 0.3) is 0 Å². The summed E-state index contributed by atoms with van der Waals surface area (Å²) >= 11 is 0. The lowest BCUT2D eigenvalue weighted by Crippen LogP contribution is -2.06. The second-order valence-electron chi connectivity index (χ2n) is 3.70. The molecule has 0 spiro atoms. The molecule has 0 fully saturated rings. The number of rotatable bonds is 3. The van der Waals surface area contributed by atoms with E-state index in [2.05, 4.69) is 5.10 Å². The van der Waals surface area contributed by atoms with Crippen molar-refractivity contribution in [3.8, 4) is 5.69 Å². The summed E-state index contributed by atoms with van der Waals surface area (Å²) in [5.41, 5.74) is 0.774. The number of carboxylic acids is 1. The van der Waals surface area contributed by atoms with Gasteiger partial charge in [-0.3, -0.25) is 4.79 Å². The van der Waals surface area contributed by atoms with Crippen LogP contribution in [0.5, 0.6) is 0 Å². The van der Waals surface area contributed by atoms with Crippen LogP contribution in [0.3, 0.4) is 0 Å². The topological polar surface area (TPSA) is 72.2 Å². The average Bonchev–Trinajstić information content (AvgIpc) is 2.70. The quantitative estimate of drug-likeness (QED) is 0.841. The van der Waals surface area contributed by atoms with E-state index >= 15 is 0 Å². The fourth-order valence-electron chi connectivity index (χ4n) is 1.59. The smallest absolute Gasteiger partial charge is 0.337 e. The Morgan fingerprint density at radius 2 is 2.22 bits per heavy atom. The van der Waals surface area contributed by atoms with Crippen LogP contribution in [-0.4, -0.2) is 27.1 Å². The minimum atomic E-state index is -1.19. The monoisotopic (exact) mass is 248 g/mol. The molecule has 1 N–H and O–H groups in total. The lowest BCUT2D eigenvalue weighted by Gasteiger charge is -2.05. The van der Waals surface area contributed by atoms with Crippen LogP contribution in [0.4, 0.5) is 4.39 Å². The molecule has 2 aromatic rings. The van der Waals surface area contributed by atoms with Crippen molar-refractivity contribution in [2.45, 2.75) is 6.92 Å². The summed E-state index contributed by atoms with van der Waals surface area (Å²) in [6, 6.07) is 3.28. The number of halogens is 1. The molecule has 5 nitrogen and oxygen atoms in total. The Morgan fingerprint density at radius 1 is 1.50 bits per heavy atom. The normalized spacial score (nSPS) is 10.3. The van der Waals surface area contributed by atoms with E-state index in [4.69, 9.17) is 5.11 Å². The Labute approximate surface area is 101 Å². The van der Waals surface area contributed by atoms with Crippen molar-refractivity contribution in [1.82, 2.24) is 9.78 Å². The van der Waals surface area contributed by atoms with Crippen molar-refractivity contribution in [2.75, 3.05) is 0 Å². The van der Waals surface area contributed by atoms with E-state index in [1.54, 1.807) is 6.92 Å². The second-order valence-corrected chi connectivity index (χ2v) is 3.70. The van der Waals surface area contributed by atoms with Gasteiger partial charge in [-0.05, 0) is 19.1 Å². The van der Waals surface area contributed by atoms with Gasteiger partial charge >= 0.3 is 5.97 Å². The summed E-state index contributed by atoms with van der Waals surface area (Å²) in [7, 11) is 0. The number of carbonyl (C=O) groups excluding carboxylic acids is 1. The van der Waals surface area contributed by atoms with E-state index < -0.39 is 11.8 Å². The summed E-state index contributed by atoms with van der Waals surface area (Å²) in [5, 5.41) is 13.0. The van der Waals surface area contributed by atoms with Crippen LogP contribution < -0.4 is 0 Å². The SMILES string of the molecule is Cc1nn(-c2cc(F)ccc2C(=O)O)cc1C=O. The molecule has 18 heavy (non-hydrogen) atoms. The van der Waals surface area contributed by atoms with Crippen LogP contribution in [0, 0.1) is 12.7 Å². The van der Waals surface area contributed by atoms with Gasteiger partial charge in [-0.25, -0.2) is 13.9 Å². The number of benzene rings is 1. The molecule has 0 aliphatic heterocycles. The maximum absolute atomic E-state index is 13.2. The largest absolute Gasteiger partial charge is 0.478 e. The number of aldehydes is 1. The molecule has 6 heteroatoms. The van der Waals surface area contributed by atoms with Crippen molar-refractivity contribution in [2.24, 2.45) is 0 Å². The summed E-state index contributed by atoms with van der Waals surface area (Å²) in [6.45, 7) is 1.61. The van der Waals surface area contributed by atoms with Crippen molar-refractivity contribution < 1.29 is 19.1 Å². The van der Waals surface area contributed by atoms with Gasteiger partial charge in [0.15, 0.2) is 6.29 Å². The van der Waals surface area contributed by atoms with E-state index in [1.165, 1.54) is 10.9 Å². The minimum absolute atomic E-state index is 0.0821. The van der Waals surface area contributed by atoms with Gasteiger partial charge in [-0.1, -0.05) is 0 Å². The molecule has 1 heterocycles. The molecule has 92 valence electrons. The van der Waals surface area contributed by atoms with E-state index in [9.17, 15) is 14.0 Å². The molecule has 0 atom stereocenters. The zero-order valence-electron chi connectivity index (χ0n) is 9.42. The summed E-state index contributed by atoms with van der Waals surface area (Å²) in [5.74, 6) is -1.76. The molecule has 1 aromatic carbocycles. The lowest BCUT2D eigenvalue weighted by molar-refractivity contribution is 0.0696. The Bertz CT molecular complexity index is 634. The van der Waals surface area contributed by atoms with E-state index in [0.29, 0.717) is 17.5 Å². The van der Waals surface area contributed by atoms with Crippen LogP contribution in [0.1, 0.15) is 26.4 Å². The van der Waals surface area contributed by atoms with Gasteiger partial charge in [0.1, 0.15) is 5.82 Å². The third kappa shape index (κ3) is 2.00. The number of aryl methyl sites for hydroxylation is 1. The van der Waals surface area contributed by atoms with Gasteiger partial charge in [-0.15, -0.1) is 0 Å². The van der Waals surface area contributed by atoms with Crippen molar-refractivity contribution in [1.29, 1.82) is 0 Å². The average molecular weight is 248 g/mol. The van der Waals surface area contributed by atoms with Crippen molar-refractivity contribution in [3.63, 3.8) is 0 Å². The Hall–Kier alpha value is -2.50. The summed E-state index contributed by atoms with van der Waals surface area (Å²) < 4.78 is 14.4. The van der Waals surface area contributed by atoms with Gasteiger partial charge in [0, 0.05) is 12.3 Å². The second kappa shape index (κ2) is 4.40. The molecule has 1 aromatic heterocycles. The third-order valence-corrected chi connectivity index (χ3v) is 2.50. The van der Waals surface area contributed by atoms with E-state index in [-0.39, 0.29) is 11.3 Å². The molecule has 0 unspecified atom stereocenters. The molecule has 0 amide bonds. The first kappa shape index (κ1) is 12.0. The molecule has 0 radical (unpaired) electrons. The first-order valence-electron chi connectivity index (χ1n) is 5.07. The van der Waals surface area contributed by atoms with E-state index in [1.807, 2.05) is 0 Å². The molecule has 2 rings (SSSR count). The molecule has 0 saturated heterocycles. The number of aromatic nitrogens is 2. The van der Waals surface area contributed by atoms with Crippen LogP contribution in [0.2, 0.25) is 0 Å². The fraction of sp³-hybridized carbons (Fsp3) is 0.0833. The third-order valence-electron chi connectivity index (χ3n) is 2.50. The first-order chi connectivity index (χ1) is 8.52. The minimum Gasteiger partial charge on any atom is -0.478 e. The number of hydrogen-bond acceptors (Lipinski definition) is 3. The Morgan fingerprint density at radius 3 is 2.78 bits per heavy atom. The highest BCUT2D eigenvalue weighted by molar-refractivity contribution is 5.92. The molecule has 0 saturated carbocycles. The molecule has 0 aliphatic rings. The molecular weight excluding hydrogens is 239 g/mol. The van der Waals surface area contributed by atoms with Gasteiger partial charge in [0.2, 0.25) is 0 Å². The van der Waals surface area contributed by atoms with Crippen LogP contribution in [0.25, 0.3) is 5.69 Å². The van der Waals surface area contributed by atoms with Crippen molar-refractivity contribution >= 4 is 12.3 Å². The number of carbonyl (C=O) groups is 2. The zero-order chi connectivity index (χ0) is 13.3. The Balaban J connectivity index is 2.64. The van der Waals surface area contributed by atoms with E-state index in [0.717, 1.165) is 18.2 Å². The van der Waals surface area contributed by atoms with Crippen LogP contribution >= 0.6 is 0 Å². The number of aromatic carboxylic acids is 1. The maximum Gasteiger partial charge on any atom is 0.337 e. The predicted octanol–water partition coefficient (Wildman–Crippen LogP) is 1.83. The lowest BCUT2D eigenvalue weighted by atomic mass is 10.2. The van der Waals surface area contributed by atoms with Crippen LogP contribution in [0.15, 0.2) is 24.4 Å². The zero-order valence-corrected chi connectivity index (χ0v) is 9.42. The van der Waals surface area contributed by atoms with Crippen LogP contribution in [-0.2, 0) is 0 Å². The highest BCUT2D eigenvalue weighted by atomic mass is 19.1. The number of hydrogen-bond donors (Lipinski definition) is 1. The fourth-order valence-corrected chi connectivity index (χ4v) is 1.59. The van der Waals surface area contributed by atoms with Gasteiger partial charge < -0.3 is 5.11 Å². The van der Waals surface area contributed by atoms with Crippen molar-refractivity contribution in [3.05, 3.63) is 47.0 Å².